The first-order valence-corrected chi connectivity index (χ1v) is 7.65. The van der Waals surface area contributed by atoms with Crippen LogP contribution in [0.5, 0.6) is 5.75 Å². The van der Waals surface area contributed by atoms with Crippen LogP contribution in [-0.2, 0) is 14.3 Å². The van der Waals surface area contributed by atoms with Crippen molar-refractivity contribution < 1.29 is 24.2 Å². The molecule has 1 aromatic carbocycles. The highest BCUT2D eigenvalue weighted by Gasteiger charge is 2.35. The maximum absolute atomic E-state index is 12.5. The Bertz CT molecular complexity index is 564. The van der Waals surface area contributed by atoms with Gasteiger partial charge in [-0.25, -0.2) is 4.79 Å². The summed E-state index contributed by atoms with van der Waals surface area (Å²) in [7, 11) is 0. The number of amides is 1. The van der Waals surface area contributed by atoms with Crippen molar-refractivity contribution in [3.8, 4) is 5.75 Å². The molecule has 1 fully saturated rings. The van der Waals surface area contributed by atoms with Crippen LogP contribution in [0.4, 0.5) is 0 Å². The van der Waals surface area contributed by atoms with Crippen molar-refractivity contribution in [3.05, 3.63) is 24.3 Å². The summed E-state index contributed by atoms with van der Waals surface area (Å²) < 4.78 is 10.9. The minimum Gasteiger partial charge on any atom is -0.479 e. The largest absolute Gasteiger partial charge is 0.479 e. The lowest BCUT2D eigenvalue weighted by molar-refractivity contribution is -0.161. The van der Waals surface area contributed by atoms with E-state index >= 15 is 0 Å². The minimum absolute atomic E-state index is 0.0698. The van der Waals surface area contributed by atoms with E-state index in [-0.39, 0.29) is 19.1 Å². The fourth-order valence-electron chi connectivity index (χ4n) is 2.34. The molecule has 21 heavy (non-hydrogen) atoms. The van der Waals surface area contributed by atoms with Crippen LogP contribution in [0.3, 0.4) is 0 Å². The topological polar surface area (TPSA) is 76.1 Å². The van der Waals surface area contributed by atoms with Gasteiger partial charge in [-0.1, -0.05) is 12.1 Å². The maximum Gasteiger partial charge on any atom is 0.334 e. The van der Waals surface area contributed by atoms with E-state index in [4.69, 9.17) is 14.6 Å². The number of carbonyl (C=O) groups excluding carboxylic acids is 1. The molecule has 0 bridgehead atoms. The molecule has 2 aliphatic rings. The molecular formula is C14H15NO5S. The second-order valence-electron chi connectivity index (χ2n) is 4.85. The Morgan fingerprint density at radius 3 is 2.90 bits per heavy atom. The van der Waals surface area contributed by atoms with Crippen molar-refractivity contribution in [1.82, 2.24) is 4.90 Å². The summed E-state index contributed by atoms with van der Waals surface area (Å²) in [5.74, 6) is 0.0174. The first-order valence-electron chi connectivity index (χ1n) is 6.67. The Balaban J connectivity index is 1.67. The van der Waals surface area contributed by atoms with Gasteiger partial charge in [-0.15, -0.1) is 11.8 Å². The van der Waals surface area contributed by atoms with Gasteiger partial charge in [0.15, 0.2) is 12.2 Å². The number of carboxylic acid groups (broad SMARTS) is 1. The summed E-state index contributed by atoms with van der Waals surface area (Å²) >= 11 is 1.58. The molecule has 0 radical (unpaired) electrons. The fraction of sp³-hybridized carbons (Fsp3) is 0.429. The number of aliphatic carboxylic acids is 1. The molecule has 0 saturated carbocycles. The SMILES string of the molecule is O=C(O)[C@H]1CN(C(=O)[C@H]2CSc3ccccc3O2)CCO1. The second kappa shape index (κ2) is 5.95. The number of thioether (sulfide) groups is 1. The molecule has 3 rings (SSSR count). The van der Waals surface area contributed by atoms with Crippen molar-refractivity contribution in [2.45, 2.75) is 17.1 Å². The zero-order chi connectivity index (χ0) is 14.8. The summed E-state index contributed by atoms with van der Waals surface area (Å²) in [5, 5.41) is 8.98. The van der Waals surface area contributed by atoms with E-state index in [0.717, 1.165) is 4.90 Å². The van der Waals surface area contributed by atoms with Gasteiger partial charge in [0.05, 0.1) is 13.2 Å². The normalized spacial score (nSPS) is 24.9. The predicted molar refractivity (Wildman–Crippen MR) is 75.5 cm³/mol. The van der Waals surface area contributed by atoms with Gasteiger partial charge in [-0.3, -0.25) is 4.79 Å². The van der Waals surface area contributed by atoms with Crippen molar-refractivity contribution in [2.24, 2.45) is 0 Å². The zero-order valence-corrected chi connectivity index (χ0v) is 12.0. The highest BCUT2D eigenvalue weighted by atomic mass is 32.2. The van der Waals surface area contributed by atoms with Crippen LogP contribution in [0.25, 0.3) is 0 Å². The molecule has 112 valence electrons. The lowest BCUT2D eigenvalue weighted by Crippen LogP contribution is -2.53. The van der Waals surface area contributed by atoms with Gasteiger partial charge < -0.3 is 19.5 Å². The van der Waals surface area contributed by atoms with Gasteiger partial charge in [0, 0.05) is 17.2 Å². The summed E-state index contributed by atoms with van der Waals surface area (Å²) in [4.78, 5) is 26.0. The van der Waals surface area contributed by atoms with Crippen molar-refractivity contribution in [2.75, 3.05) is 25.4 Å². The van der Waals surface area contributed by atoms with Crippen LogP contribution in [-0.4, -0.2) is 59.5 Å². The second-order valence-corrected chi connectivity index (χ2v) is 5.91. The third-order valence-corrected chi connectivity index (χ3v) is 4.56. The number of ether oxygens (including phenoxy) is 2. The van der Waals surface area contributed by atoms with Gasteiger partial charge in [0.1, 0.15) is 5.75 Å². The van der Waals surface area contributed by atoms with E-state index in [0.29, 0.717) is 18.0 Å². The molecule has 7 heteroatoms. The van der Waals surface area contributed by atoms with Crippen LogP contribution in [0.1, 0.15) is 0 Å². The maximum atomic E-state index is 12.5. The molecule has 0 aromatic heterocycles. The number of rotatable bonds is 2. The first-order chi connectivity index (χ1) is 10.1. The van der Waals surface area contributed by atoms with Gasteiger partial charge in [0.2, 0.25) is 0 Å². The van der Waals surface area contributed by atoms with Crippen molar-refractivity contribution in [1.29, 1.82) is 0 Å². The Morgan fingerprint density at radius 1 is 1.29 bits per heavy atom. The molecule has 0 aliphatic carbocycles. The smallest absolute Gasteiger partial charge is 0.334 e. The average Bonchev–Trinajstić information content (AvgIpc) is 2.53. The molecule has 2 atom stereocenters. The molecule has 2 aliphatic heterocycles. The van der Waals surface area contributed by atoms with Crippen molar-refractivity contribution in [3.63, 3.8) is 0 Å². The summed E-state index contributed by atoms with van der Waals surface area (Å²) in [6.45, 7) is 0.703. The predicted octanol–water partition coefficient (Wildman–Crippen LogP) is 0.852. The molecule has 0 spiro atoms. The van der Waals surface area contributed by atoms with Gasteiger partial charge in [-0.2, -0.15) is 0 Å². The molecule has 1 amide bonds. The monoisotopic (exact) mass is 309 g/mol. The van der Waals surface area contributed by atoms with E-state index in [9.17, 15) is 9.59 Å². The van der Waals surface area contributed by atoms with Crippen molar-refractivity contribution >= 4 is 23.6 Å². The number of carboxylic acids is 1. The lowest BCUT2D eigenvalue weighted by atomic mass is 10.2. The summed E-state index contributed by atoms with van der Waals surface area (Å²) in [6.07, 6.45) is -1.52. The van der Waals surface area contributed by atoms with E-state index < -0.39 is 18.2 Å². The van der Waals surface area contributed by atoms with Crippen LogP contribution < -0.4 is 4.74 Å². The van der Waals surface area contributed by atoms with Crippen LogP contribution in [0.15, 0.2) is 29.2 Å². The Hall–Kier alpha value is -1.73. The fourth-order valence-corrected chi connectivity index (χ4v) is 3.32. The van der Waals surface area contributed by atoms with Crippen LogP contribution in [0, 0.1) is 0 Å². The lowest BCUT2D eigenvalue weighted by Gasteiger charge is -2.34. The minimum atomic E-state index is -1.04. The number of carbonyl (C=O) groups is 2. The Morgan fingerprint density at radius 2 is 2.10 bits per heavy atom. The average molecular weight is 309 g/mol. The van der Waals surface area contributed by atoms with E-state index in [1.165, 1.54) is 4.90 Å². The van der Waals surface area contributed by atoms with Gasteiger partial charge >= 0.3 is 5.97 Å². The molecule has 1 aromatic rings. The van der Waals surface area contributed by atoms with Crippen LogP contribution in [0.2, 0.25) is 0 Å². The Labute approximate surface area is 126 Å². The molecule has 1 N–H and O–H groups in total. The number of hydrogen-bond donors (Lipinski definition) is 1. The molecule has 1 saturated heterocycles. The first kappa shape index (κ1) is 14.2. The third kappa shape index (κ3) is 2.98. The highest BCUT2D eigenvalue weighted by molar-refractivity contribution is 7.99. The number of morpholine rings is 1. The summed E-state index contributed by atoms with van der Waals surface area (Å²) in [5.41, 5.74) is 0. The zero-order valence-electron chi connectivity index (χ0n) is 11.2. The van der Waals surface area contributed by atoms with E-state index in [1.54, 1.807) is 11.8 Å². The number of fused-ring (bicyclic) bond motifs is 1. The third-order valence-electron chi connectivity index (χ3n) is 3.44. The molecular weight excluding hydrogens is 294 g/mol. The molecule has 0 unspecified atom stereocenters. The van der Waals surface area contributed by atoms with E-state index in [2.05, 4.69) is 0 Å². The summed E-state index contributed by atoms with van der Waals surface area (Å²) in [6, 6.07) is 7.58. The number of nitrogens with zero attached hydrogens (tertiary/aromatic N) is 1. The van der Waals surface area contributed by atoms with Crippen LogP contribution >= 0.6 is 11.8 Å². The number of benzene rings is 1. The van der Waals surface area contributed by atoms with Gasteiger partial charge in [0.25, 0.3) is 5.91 Å². The standard InChI is InChI=1S/C14H15NO5S/c16-13(15-5-6-19-10(7-15)14(17)18)11-8-21-12-4-2-1-3-9(12)20-11/h1-4,10-11H,5-8H2,(H,17,18)/t10-,11-/m1/s1. The van der Waals surface area contributed by atoms with Gasteiger partial charge in [-0.05, 0) is 12.1 Å². The molecule has 2 heterocycles. The highest BCUT2D eigenvalue weighted by Crippen LogP contribution is 2.35. The number of para-hydroxylation sites is 1. The van der Waals surface area contributed by atoms with E-state index in [1.807, 2.05) is 24.3 Å². The quantitative estimate of drug-likeness (QED) is 0.873. The molecule has 6 nitrogen and oxygen atoms in total. The Kier molecular flexibility index (Phi) is 4.03. The number of hydrogen-bond acceptors (Lipinski definition) is 5.